The predicted molar refractivity (Wildman–Crippen MR) is 88.0 cm³/mol. The van der Waals surface area contributed by atoms with E-state index in [9.17, 15) is 10.1 Å². The van der Waals surface area contributed by atoms with Gasteiger partial charge >= 0.3 is 0 Å². The molecule has 7 heteroatoms. The molecule has 0 radical (unpaired) electrons. The first-order valence-electron chi connectivity index (χ1n) is 8.24. The van der Waals surface area contributed by atoms with Gasteiger partial charge in [0.05, 0.1) is 11.8 Å². The summed E-state index contributed by atoms with van der Waals surface area (Å²) in [7, 11) is 0. The van der Waals surface area contributed by atoms with E-state index in [2.05, 4.69) is 26.2 Å². The van der Waals surface area contributed by atoms with Crippen LogP contribution in [0.3, 0.4) is 0 Å². The maximum atomic E-state index is 12.2. The molecule has 2 aliphatic carbocycles. The molecule has 0 aromatic carbocycles. The second-order valence-corrected chi connectivity index (χ2v) is 7.96. The minimum atomic E-state index is -0.832. The first-order valence-corrected chi connectivity index (χ1v) is 9.23. The van der Waals surface area contributed by atoms with E-state index in [1.165, 1.54) is 37.4 Å². The fourth-order valence-corrected chi connectivity index (χ4v) is 3.25. The van der Waals surface area contributed by atoms with Gasteiger partial charge in [0.2, 0.25) is 5.91 Å². The lowest BCUT2D eigenvalue weighted by atomic mass is 9.90. The number of aromatic nitrogens is 3. The lowest BCUT2D eigenvalue weighted by Crippen LogP contribution is -2.49. The Labute approximate surface area is 141 Å². The fraction of sp³-hybridized carbons (Fsp3) is 0.750. The summed E-state index contributed by atoms with van der Waals surface area (Å²) in [6.45, 7) is 5.63. The van der Waals surface area contributed by atoms with E-state index in [1.807, 2.05) is 13.8 Å². The number of nitrogens with zero attached hydrogens (tertiary/aromatic N) is 4. The normalized spacial score (nSPS) is 20.1. The van der Waals surface area contributed by atoms with Crippen molar-refractivity contribution in [2.24, 2.45) is 5.92 Å². The molecule has 23 heavy (non-hydrogen) atoms. The molecule has 2 fully saturated rings. The standard InChI is InChI=1S/C16H23N5OS/c1-10(2)16(3,9-17)18-13(22)8-23-15-20-19-14(11-4-5-11)21(15)12-6-7-12/h10-12H,4-8H2,1-3H3,(H,18,22). The van der Waals surface area contributed by atoms with Gasteiger partial charge in [-0.2, -0.15) is 5.26 Å². The molecule has 1 aromatic rings. The van der Waals surface area contributed by atoms with E-state index in [-0.39, 0.29) is 17.6 Å². The molecule has 0 spiro atoms. The van der Waals surface area contributed by atoms with Crippen LogP contribution in [0.1, 0.15) is 64.2 Å². The lowest BCUT2D eigenvalue weighted by Gasteiger charge is -2.27. The van der Waals surface area contributed by atoms with Crippen LogP contribution in [0.5, 0.6) is 0 Å². The zero-order valence-corrected chi connectivity index (χ0v) is 14.7. The number of amides is 1. The van der Waals surface area contributed by atoms with Crippen LogP contribution in [0.4, 0.5) is 0 Å². The predicted octanol–water partition coefficient (Wildman–Crippen LogP) is 2.64. The van der Waals surface area contributed by atoms with Crippen LogP contribution >= 0.6 is 11.8 Å². The van der Waals surface area contributed by atoms with Gasteiger partial charge in [0, 0.05) is 12.0 Å². The quantitative estimate of drug-likeness (QED) is 0.776. The van der Waals surface area contributed by atoms with Gasteiger partial charge in [-0.3, -0.25) is 4.79 Å². The molecule has 124 valence electrons. The third kappa shape index (κ3) is 3.52. The molecule has 1 aromatic heterocycles. The Morgan fingerprint density at radius 2 is 2.13 bits per heavy atom. The van der Waals surface area contributed by atoms with Gasteiger partial charge in [0.25, 0.3) is 0 Å². The van der Waals surface area contributed by atoms with E-state index < -0.39 is 5.54 Å². The minimum absolute atomic E-state index is 0.0537. The summed E-state index contributed by atoms with van der Waals surface area (Å²) in [4.78, 5) is 12.2. The van der Waals surface area contributed by atoms with Gasteiger partial charge in [-0.1, -0.05) is 25.6 Å². The van der Waals surface area contributed by atoms with Crippen molar-refractivity contribution in [1.82, 2.24) is 20.1 Å². The van der Waals surface area contributed by atoms with E-state index in [0.717, 1.165) is 11.0 Å². The molecule has 2 aliphatic rings. The van der Waals surface area contributed by atoms with Crippen LogP contribution in [0.2, 0.25) is 0 Å². The maximum absolute atomic E-state index is 12.2. The first kappa shape index (κ1) is 16.3. The Bertz CT molecular complexity index is 641. The van der Waals surface area contributed by atoms with Crippen LogP contribution in [0, 0.1) is 17.2 Å². The van der Waals surface area contributed by atoms with Crippen LogP contribution in [-0.4, -0.2) is 32.0 Å². The van der Waals surface area contributed by atoms with Gasteiger partial charge in [-0.05, 0) is 38.5 Å². The van der Waals surface area contributed by atoms with Crippen LogP contribution in [0.25, 0.3) is 0 Å². The monoisotopic (exact) mass is 333 g/mol. The molecule has 3 rings (SSSR count). The van der Waals surface area contributed by atoms with Gasteiger partial charge in [0.15, 0.2) is 5.16 Å². The highest BCUT2D eigenvalue weighted by Crippen LogP contribution is 2.45. The number of carbonyl (C=O) groups is 1. The van der Waals surface area contributed by atoms with Crippen LogP contribution in [0.15, 0.2) is 5.16 Å². The number of carbonyl (C=O) groups excluding carboxylic acids is 1. The molecule has 1 heterocycles. The molecule has 0 bridgehead atoms. The lowest BCUT2D eigenvalue weighted by molar-refractivity contribution is -0.120. The van der Waals surface area contributed by atoms with Crippen molar-refractivity contribution in [1.29, 1.82) is 5.26 Å². The Morgan fingerprint density at radius 3 is 2.65 bits per heavy atom. The van der Waals surface area contributed by atoms with Crippen LogP contribution in [-0.2, 0) is 4.79 Å². The van der Waals surface area contributed by atoms with Crippen LogP contribution < -0.4 is 5.32 Å². The molecule has 1 unspecified atom stereocenters. The highest BCUT2D eigenvalue weighted by Gasteiger charge is 2.36. The largest absolute Gasteiger partial charge is 0.337 e. The first-order chi connectivity index (χ1) is 10.9. The second kappa shape index (κ2) is 6.16. The average molecular weight is 333 g/mol. The Morgan fingerprint density at radius 1 is 1.43 bits per heavy atom. The molecule has 6 nitrogen and oxygen atoms in total. The number of rotatable bonds is 7. The van der Waals surface area contributed by atoms with E-state index in [4.69, 9.17) is 0 Å². The number of thioether (sulfide) groups is 1. The highest BCUT2D eigenvalue weighted by atomic mass is 32.2. The van der Waals surface area contributed by atoms with Crippen molar-refractivity contribution in [3.05, 3.63) is 5.82 Å². The molecule has 1 atom stereocenters. The highest BCUT2D eigenvalue weighted by molar-refractivity contribution is 7.99. The van der Waals surface area contributed by atoms with Crippen molar-refractivity contribution < 1.29 is 4.79 Å². The Hall–Kier alpha value is -1.55. The number of hydrogen-bond donors (Lipinski definition) is 1. The summed E-state index contributed by atoms with van der Waals surface area (Å²) in [5.74, 6) is 1.84. The van der Waals surface area contributed by atoms with E-state index in [0.29, 0.717) is 12.0 Å². The van der Waals surface area contributed by atoms with Gasteiger partial charge in [0.1, 0.15) is 11.4 Å². The van der Waals surface area contributed by atoms with E-state index >= 15 is 0 Å². The van der Waals surface area contributed by atoms with Crippen molar-refractivity contribution in [3.63, 3.8) is 0 Å². The Balaban J connectivity index is 1.62. The van der Waals surface area contributed by atoms with Crippen molar-refractivity contribution in [2.75, 3.05) is 5.75 Å². The van der Waals surface area contributed by atoms with Gasteiger partial charge in [-0.25, -0.2) is 0 Å². The molecule has 0 saturated heterocycles. The van der Waals surface area contributed by atoms with Crippen molar-refractivity contribution >= 4 is 17.7 Å². The van der Waals surface area contributed by atoms with Crippen molar-refractivity contribution in [2.45, 2.75) is 69.1 Å². The zero-order valence-electron chi connectivity index (χ0n) is 13.9. The van der Waals surface area contributed by atoms with Crippen molar-refractivity contribution in [3.8, 4) is 6.07 Å². The molecular formula is C16H23N5OS. The van der Waals surface area contributed by atoms with Gasteiger partial charge < -0.3 is 9.88 Å². The number of hydrogen-bond acceptors (Lipinski definition) is 5. The molecule has 1 N–H and O–H groups in total. The summed E-state index contributed by atoms with van der Waals surface area (Å²) < 4.78 is 2.24. The smallest absolute Gasteiger partial charge is 0.231 e. The summed E-state index contributed by atoms with van der Waals surface area (Å²) in [6, 6.07) is 2.72. The second-order valence-electron chi connectivity index (χ2n) is 7.02. The topological polar surface area (TPSA) is 83.6 Å². The van der Waals surface area contributed by atoms with E-state index in [1.54, 1.807) is 6.92 Å². The number of nitrogens with one attached hydrogen (secondary N) is 1. The summed E-state index contributed by atoms with van der Waals surface area (Å²) >= 11 is 1.42. The third-order valence-electron chi connectivity index (χ3n) is 4.66. The van der Waals surface area contributed by atoms with Gasteiger partial charge in [-0.15, -0.1) is 10.2 Å². The Kier molecular flexibility index (Phi) is 4.37. The molecular weight excluding hydrogens is 310 g/mol. The number of nitriles is 1. The SMILES string of the molecule is CC(C)C(C)(C#N)NC(=O)CSc1nnc(C2CC2)n1C1CC1. The fourth-order valence-electron chi connectivity index (χ4n) is 2.44. The maximum Gasteiger partial charge on any atom is 0.231 e. The third-order valence-corrected chi connectivity index (χ3v) is 5.61. The summed E-state index contributed by atoms with van der Waals surface area (Å²) in [5.41, 5.74) is -0.832. The average Bonchev–Trinajstić information content (AvgIpc) is 3.43. The molecule has 0 aliphatic heterocycles. The zero-order chi connectivity index (χ0) is 16.6. The molecule has 1 amide bonds. The molecule has 2 saturated carbocycles. The minimum Gasteiger partial charge on any atom is -0.337 e. The summed E-state index contributed by atoms with van der Waals surface area (Å²) in [6.07, 6.45) is 4.75. The summed E-state index contributed by atoms with van der Waals surface area (Å²) in [5, 5.41) is 21.6.